The molecule has 0 aliphatic heterocycles. The largest absolute Gasteiger partial charge is 0.368 e. The van der Waals surface area contributed by atoms with E-state index in [4.69, 9.17) is 0 Å². The summed E-state index contributed by atoms with van der Waals surface area (Å²) >= 11 is 0. The van der Waals surface area contributed by atoms with Crippen molar-refractivity contribution in [1.29, 1.82) is 0 Å². The van der Waals surface area contributed by atoms with Crippen LogP contribution >= 0.6 is 0 Å². The Hall–Kier alpha value is -1.09. The number of rotatable bonds is 4. The van der Waals surface area contributed by atoms with Crippen LogP contribution in [0.1, 0.15) is 51.4 Å². The van der Waals surface area contributed by atoms with Gasteiger partial charge in [0.05, 0.1) is 0 Å². The lowest BCUT2D eigenvalue weighted by Gasteiger charge is -2.23. The molecule has 18 heavy (non-hydrogen) atoms. The molecule has 0 atom stereocenters. The lowest BCUT2D eigenvalue weighted by atomic mass is 10.1. The molecule has 0 saturated heterocycles. The minimum Gasteiger partial charge on any atom is -0.368 e. The van der Waals surface area contributed by atoms with Crippen molar-refractivity contribution in [2.45, 2.75) is 66.6 Å². The van der Waals surface area contributed by atoms with E-state index < -0.39 is 0 Å². The van der Waals surface area contributed by atoms with Gasteiger partial charge in [-0.05, 0) is 60.1 Å². The van der Waals surface area contributed by atoms with Crippen LogP contribution in [-0.2, 0) is 6.54 Å². The van der Waals surface area contributed by atoms with Crippen LogP contribution in [0.15, 0.2) is 6.07 Å². The Morgan fingerprint density at radius 1 is 1.22 bits per heavy atom. The highest BCUT2D eigenvalue weighted by Crippen LogP contribution is 2.20. The van der Waals surface area contributed by atoms with Gasteiger partial charge in [0.15, 0.2) is 0 Å². The van der Waals surface area contributed by atoms with E-state index in [0.717, 1.165) is 18.1 Å². The Morgan fingerprint density at radius 3 is 2.33 bits per heavy atom. The van der Waals surface area contributed by atoms with E-state index in [0.29, 0.717) is 6.04 Å². The van der Waals surface area contributed by atoms with Gasteiger partial charge >= 0.3 is 0 Å². The first-order valence-electron chi connectivity index (χ1n) is 6.68. The highest BCUT2D eigenvalue weighted by molar-refractivity contribution is 5.49. The molecule has 0 radical (unpaired) electrons. The Balaban J connectivity index is 3.00. The standard InChI is InChI=1S/C15H27N3/c1-10(2)17-14-13(9-16-15(5,6)7)11(3)8-12(4)18-14/h8,10,16H,9H2,1-7H3,(H,17,18). The van der Waals surface area contributed by atoms with Gasteiger partial charge < -0.3 is 10.6 Å². The third kappa shape index (κ3) is 4.65. The molecule has 3 heteroatoms. The summed E-state index contributed by atoms with van der Waals surface area (Å²) in [5.41, 5.74) is 3.74. The molecule has 102 valence electrons. The zero-order chi connectivity index (χ0) is 13.9. The molecule has 1 rings (SSSR count). The Labute approximate surface area is 111 Å². The van der Waals surface area contributed by atoms with E-state index in [2.05, 4.69) is 63.2 Å². The Bertz CT molecular complexity index is 403. The number of nitrogens with zero attached hydrogens (tertiary/aromatic N) is 1. The minimum absolute atomic E-state index is 0.117. The molecule has 0 bridgehead atoms. The summed E-state index contributed by atoms with van der Waals surface area (Å²) < 4.78 is 0. The van der Waals surface area contributed by atoms with Crippen LogP contribution in [0.4, 0.5) is 5.82 Å². The molecular formula is C15H27N3. The van der Waals surface area contributed by atoms with Gasteiger partial charge in [0.1, 0.15) is 5.82 Å². The van der Waals surface area contributed by atoms with Gasteiger partial charge in [-0.3, -0.25) is 0 Å². The molecule has 0 aliphatic carbocycles. The molecule has 0 amide bonds. The maximum atomic E-state index is 4.62. The van der Waals surface area contributed by atoms with Crippen molar-refractivity contribution in [1.82, 2.24) is 10.3 Å². The first-order valence-corrected chi connectivity index (χ1v) is 6.68. The molecule has 0 aliphatic rings. The van der Waals surface area contributed by atoms with Crippen LogP contribution in [0, 0.1) is 13.8 Å². The van der Waals surface area contributed by atoms with E-state index in [1.54, 1.807) is 0 Å². The molecule has 0 saturated carbocycles. The van der Waals surface area contributed by atoms with Crippen LogP contribution in [-0.4, -0.2) is 16.6 Å². The zero-order valence-corrected chi connectivity index (χ0v) is 12.8. The summed E-state index contributed by atoms with van der Waals surface area (Å²) in [4.78, 5) is 4.62. The van der Waals surface area contributed by atoms with Gasteiger partial charge in [0, 0.05) is 29.4 Å². The third-order valence-electron chi connectivity index (χ3n) is 2.70. The summed E-state index contributed by atoms with van der Waals surface area (Å²) in [6, 6.07) is 2.54. The molecular weight excluding hydrogens is 222 g/mol. The van der Waals surface area contributed by atoms with Crippen molar-refractivity contribution < 1.29 is 0 Å². The van der Waals surface area contributed by atoms with E-state index in [-0.39, 0.29) is 5.54 Å². The highest BCUT2D eigenvalue weighted by atomic mass is 15.0. The fraction of sp³-hybridized carbons (Fsp3) is 0.667. The summed E-state index contributed by atoms with van der Waals surface area (Å²) in [6.45, 7) is 15.9. The number of nitrogens with one attached hydrogen (secondary N) is 2. The molecule has 0 spiro atoms. The monoisotopic (exact) mass is 249 g/mol. The third-order valence-corrected chi connectivity index (χ3v) is 2.70. The molecule has 0 fully saturated rings. The number of anilines is 1. The van der Waals surface area contributed by atoms with Crippen LogP contribution in [0.2, 0.25) is 0 Å². The predicted octanol–water partition coefficient (Wildman–Crippen LogP) is 3.41. The van der Waals surface area contributed by atoms with Crippen molar-refractivity contribution in [2.24, 2.45) is 0 Å². The Kier molecular flexibility index (Phi) is 4.74. The molecule has 1 heterocycles. The van der Waals surface area contributed by atoms with Gasteiger partial charge in [0.2, 0.25) is 0 Å². The normalized spacial score (nSPS) is 12.0. The lowest BCUT2D eigenvalue weighted by Crippen LogP contribution is -2.35. The van der Waals surface area contributed by atoms with Crippen LogP contribution in [0.3, 0.4) is 0 Å². The second kappa shape index (κ2) is 5.70. The predicted molar refractivity (Wildman–Crippen MR) is 79.1 cm³/mol. The quantitative estimate of drug-likeness (QED) is 0.858. The van der Waals surface area contributed by atoms with E-state index in [1.165, 1.54) is 11.1 Å². The number of pyridine rings is 1. The van der Waals surface area contributed by atoms with Crippen molar-refractivity contribution in [3.63, 3.8) is 0 Å². The maximum absolute atomic E-state index is 4.62. The van der Waals surface area contributed by atoms with Crippen LogP contribution < -0.4 is 10.6 Å². The fourth-order valence-electron chi connectivity index (χ4n) is 1.83. The molecule has 0 unspecified atom stereocenters. The number of aromatic nitrogens is 1. The van der Waals surface area contributed by atoms with Gasteiger partial charge in [-0.15, -0.1) is 0 Å². The second-order valence-electron chi connectivity index (χ2n) is 6.31. The average molecular weight is 249 g/mol. The summed E-state index contributed by atoms with van der Waals surface area (Å²) in [7, 11) is 0. The topological polar surface area (TPSA) is 37.0 Å². The first-order chi connectivity index (χ1) is 8.19. The van der Waals surface area contributed by atoms with Gasteiger partial charge in [-0.1, -0.05) is 0 Å². The lowest BCUT2D eigenvalue weighted by molar-refractivity contribution is 0.424. The van der Waals surface area contributed by atoms with Crippen LogP contribution in [0.25, 0.3) is 0 Å². The van der Waals surface area contributed by atoms with Crippen molar-refractivity contribution in [3.8, 4) is 0 Å². The summed E-state index contributed by atoms with van der Waals surface area (Å²) in [5, 5.41) is 6.97. The fourth-order valence-corrected chi connectivity index (χ4v) is 1.83. The molecule has 0 aromatic carbocycles. The smallest absolute Gasteiger partial charge is 0.131 e. The van der Waals surface area contributed by atoms with Gasteiger partial charge in [-0.25, -0.2) is 4.98 Å². The number of aryl methyl sites for hydroxylation is 2. The van der Waals surface area contributed by atoms with Crippen molar-refractivity contribution in [2.75, 3.05) is 5.32 Å². The molecule has 2 N–H and O–H groups in total. The van der Waals surface area contributed by atoms with E-state index >= 15 is 0 Å². The number of hydrogen-bond donors (Lipinski definition) is 2. The summed E-state index contributed by atoms with van der Waals surface area (Å²) in [6.07, 6.45) is 0. The molecule has 3 nitrogen and oxygen atoms in total. The minimum atomic E-state index is 0.117. The van der Waals surface area contributed by atoms with E-state index in [9.17, 15) is 0 Å². The Morgan fingerprint density at radius 2 is 1.83 bits per heavy atom. The van der Waals surface area contributed by atoms with Crippen molar-refractivity contribution in [3.05, 3.63) is 22.9 Å². The average Bonchev–Trinajstić information content (AvgIpc) is 2.12. The number of hydrogen-bond acceptors (Lipinski definition) is 3. The van der Waals surface area contributed by atoms with Crippen molar-refractivity contribution >= 4 is 5.82 Å². The maximum Gasteiger partial charge on any atom is 0.131 e. The van der Waals surface area contributed by atoms with Gasteiger partial charge in [0.25, 0.3) is 0 Å². The van der Waals surface area contributed by atoms with Crippen LogP contribution in [0.5, 0.6) is 0 Å². The zero-order valence-electron chi connectivity index (χ0n) is 12.8. The molecule has 1 aromatic rings. The van der Waals surface area contributed by atoms with E-state index in [1.807, 2.05) is 6.92 Å². The first kappa shape index (κ1) is 15.0. The second-order valence-corrected chi connectivity index (χ2v) is 6.31. The molecule has 1 aromatic heterocycles. The SMILES string of the molecule is Cc1cc(C)c(CNC(C)(C)C)c(NC(C)C)n1. The highest BCUT2D eigenvalue weighted by Gasteiger charge is 2.14. The summed E-state index contributed by atoms with van der Waals surface area (Å²) in [5.74, 6) is 1.01. The van der Waals surface area contributed by atoms with Gasteiger partial charge in [-0.2, -0.15) is 0 Å².